The van der Waals surface area contributed by atoms with Gasteiger partial charge in [-0.1, -0.05) is 60.1 Å². The Balaban J connectivity index is 1.51. The van der Waals surface area contributed by atoms with Crippen LogP contribution in [0.3, 0.4) is 0 Å². The number of esters is 1. The quantitative estimate of drug-likeness (QED) is 0.194. The van der Waals surface area contributed by atoms with E-state index < -0.39 is 5.97 Å². The van der Waals surface area contributed by atoms with Crippen molar-refractivity contribution < 1.29 is 14.3 Å². The standard InChI is InChI=1S/C23H15ClN2O3S/c24-20-17-11-5-7-13-19(17)30-21(20)23(28)29-18-12-6-4-10-16(18)14-25-26-22(27)15-8-2-1-3-9-15/h1-14H,(H,26,27)/b25-14+. The van der Waals surface area contributed by atoms with E-state index in [2.05, 4.69) is 10.5 Å². The average molecular weight is 435 g/mol. The number of hydrogen-bond acceptors (Lipinski definition) is 5. The Morgan fingerprint density at radius 3 is 2.43 bits per heavy atom. The summed E-state index contributed by atoms with van der Waals surface area (Å²) in [5.74, 6) is -0.567. The zero-order chi connectivity index (χ0) is 20.9. The maximum absolute atomic E-state index is 12.7. The Hall–Kier alpha value is -3.48. The van der Waals surface area contributed by atoms with Crippen LogP contribution in [0.25, 0.3) is 10.1 Å². The Labute approximate surface area is 181 Å². The van der Waals surface area contributed by atoms with Gasteiger partial charge in [-0.15, -0.1) is 11.3 Å². The van der Waals surface area contributed by atoms with Gasteiger partial charge < -0.3 is 4.74 Å². The van der Waals surface area contributed by atoms with Gasteiger partial charge in [-0.2, -0.15) is 5.10 Å². The van der Waals surface area contributed by atoms with Crippen LogP contribution in [-0.4, -0.2) is 18.1 Å². The third-order valence-electron chi connectivity index (χ3n) is 4.25. The van der Waals surface area contributed by atoms with Crippen molar-refractivity contribution >= 4 is 51.1 Å². The lowest BCUT2D eigenvalue weighted by atomic mass is 10.2. The molecule has 7 heteroatoms. The maximum Gasteiger partial charge on any atom is 0.355 e. The van der Waals surface area contributed by atoms with Gasteiger partial charge in [0.25, 0.3) is 5.91 Å². The molecule has 0 atom stereocenters. The average Bonchev–Trinajstić information content (AvgIpc) is 3.12. The first-order chi connectivity index (χ1) is 14.6. The molecule has 4 rings (SSSR count). The van der Waals surface area contributed by atoms with Crippen molar-refractivity contribution in [2.45, 2.75) is 0 Å². The highest BCUT2D eigenvalue weighted by Gasteiger charge is 2.19. The highest BCUT2D eigenvalue weighted by Crippen LogP contribution is 2.35. The van der Waals surface area contributed by atoms with E-state index in [1.165, 1.54) is 17.6 Å². The second-order valence-electron chi connectivity index (χ2n) is 6.23. The first kappa shape index (κ1) is 19.8. The predicted octanol–water partition coefficient (Wildman–Crippen LogP) is 5.54. The van der Waals surface area contributed by atoms with E-state index >= 15 is 0 Å². The number of ether oxygens (including phenoxy) is 1. The van der Waals surface area contributed by atoms with Gasteiger partial charge in [0.15, 0.2) is 0 Å². The molecular formula is C23H15ClN2O3S. The predicted molar refractivity (Wildman–Crippen MR) is 120 cm³/mol. The second-order valence-corrected chi connectivity index (χ2v) is 7.66. The van der Waals surface area contributed by atoms with E-state index in [1.54, 1.807) is 48.5 Å². The van der Waals surface area contributed by atoms with Gasteiger partial charge in [-0.05, 0) is 30.3 Å². The zero-order valence-corrected chi connectivity index (χ0v) is 17.1. The van der Waals surface area contributed by atoms with Crippen molar-refractivity contribution in [3.63, 3.8) is 0 Å². The van der Waals surface area contributed by atoms with Gasteiger partial charge in [0, 0.05) is 21.2 Å². The van der Waals surface area contributed by atoms with Gasteiger partial charge in [0.05, 0.1) is 11.2 Å². The lowest BCUT2D eigenvalue weighted by molar-refractivity contribution is 0.0739. The van der Waals surface area contributed by atoms with E-state index in [0.29, 0.717) is 26.8 Å². The molecule has 0 saturated carbocycles. The van der Waals surface area contributed by atoms with Crippen LogP contribution in [0.15, 0.2) is 84.0 Å². The zero-order valence-electron chi connectivity index (χ0n) is 15.5. The molecule has 3 aromatic carbocycles. The fourth-order valence-electron chi connectivity index (χ4n) is 2.79. The monoisotopic (exact) mass is 434 g/mol. The number of thiophene rings is 1. The van der Waals surface area contributed by atoms with Crippen LogP contribution in [-0.2, 0) is 0 Å². The summed E-state index contributed by atoms with van der Waals surface area (Å²) in [6, 6.07) is 23.2. The molecule has 0 aliphatic heterocycles. The molecule has 0 unspecified atom stereocenters. The van der Waals surface area contributed by atoms with Crippen molar-refractivity contribution in [1.82, 2.24) is 5.43 Å². The number of carbonyl (C=O) groups is 2. The largest absolute Gasteiger partial charge is 0.422 e. The summed E-state index contributed by atoms with van der Waals surface area (Å²) in [6.45, 7) is 0. The lowest BCUT2D eigenvalue weighted by Gasteiger charge is -2.06. The molecule has 4 aromatic rings. The normalized spacial score (nSPS) is 11.0. The molecule has 0 spiro atoms. The van der Waals surface area contributed by atoms with E-state index in [4.69, 9.17) is 16.3 Å². The number of benzene rings is 3. The van der Waals surface area contributed by atoms with Crippen LogP contribution < -0.4 is 10.2 Å². The summed E-state index contributed by atoms with van der Waals surface area (Å²) in [5.41, 5.74) is 3.49. The minimum absolute atomic E-state index is 0.314. The number of halogens is 1. The maximum atomic E-state index is 12.7. The first-order valence-electron chi connectivity index (χ1n) is 9.00. The molecular weight excluding hydrogens is 420 g/mol. The molecule has 1 aromatic heterocycles. The van der Waals surface area contributed by atoms with E-state index in [-0.39, 0.29) is 5.91 Å². The Bertz CT molecular complexity index is 1250. The summed E-state index contributed by atoms with van der Waals surface area (Å²) >= 11 is 7.65. The van der Waals surface area contributed by atoms with Crippen molar-refractivity contribution in [3.05, 3.63) is 99.9 Å². The molecule has 5 nitrogen and oxygen atoms in total. The third-order valence-corrected chi connectivity index (χ3v) is 5.90. The Morgan fingerprint density at radius 1 is 0.933 bits per heavy atom. The molecule has 0 saturated heterocycles. The molecule has 1 N–H and O–H groups in total. The summed E-state index contributed by atoms with van der Waals surface area (Å²) in [4.78, 5) is 25.1. The smallest absolute Gasteiger partial charge is 0.355 e. The summed E-state index contributed by atoms with van der Waals surface area (Å²) in [5, 5.41) is 5.16. The fraction of sp³-hybridized carbons (Fsp3) is 0. The number of amides is 1. The van der Waals surface area contributed by atoms with E-state index in [1.807, 2.05) is 30.3 Å². The molecule has 0 aliphatic carbocycles. The van der Waals surface area contributed by atoms with Crippen LogP contribution >= 0.6 is 22.9 Å². The third kappa shape index (κ3) is 4.25. The molecule has 0 radical (unpaired) electrons. The van der Waals surface area contributed by atoms with Gasteiger partial charge in [0.2, 0.25) is 0 Å². The van der Waals surface area contributed by atoms with Crippen LogP contribution in [0.1, 0.15) is 25.6 Å². The highest BCUT2D eigenvalue weighted by atomic mass is 35.5. The molecule has 1 amide bonds. The van der Waals surface area contributed by atoms with Gasteiger partial charge in [-0.25, -0.2) is 10.2 Å². The number of rotatable bonds is 5. The molecule has 30 heavy (non-hydrogen) atoms. The van der Waals surface area contributed by atoms with Crippen LogP contribution in [0.5, 0.6) is 5.75 Å². The van der Waals surface area contributed by atoms with Crippen molar-refractivity contribution in [2.24, 2.45) is 5.10 Å². The summed E-state index contributed by atoms with van der Waals surface area (Å²) < 4.78 is 6.48. The van der Waals surface area contributed by atoms with Crippen molar-refractivity contribution in [1.29, 1.82) is 0 Å². The molecule has 0 bridgehead atoms. The Kier molecular flexibility index (Phi) is 5.88. The minimum atomic E-state index is -0.546. The molecule has 148 valence electrons. The number of hydrogen-bond donors (Lipinski definition) is 1. The molecule has 0 aliphatic rings. The number of para-hydroxylation sites is 1. The first-order valence-corrected chi connectivity index (χ1v) is 10.2. The number of fused-ring (bicyclic) bond motifs is 1. The van der Waals surface area contributed by atoms with E-state index in [0.717, 1.165) is 10.1 Å². The van der Waals surface area contributed by atoms with E-state index in [9.17, 15) is 9.59 Å². The van der Waals surface area contributed by atoms with Crippen LogP contribution in [0.2, 0.25) is 5.02 Å². The van der Waals surface area contributed by atoms with Crippen molar-refractivity contribution in [2.75, 3.05) is 0 Å². The second kappa shape index (κ2) is 8.90. The molecule has 0 fully saturated rings. The number of nitrogens with zero attached hydrogens (tertiary/aromatic N) is 1. The topological polar surface area (TPSA) is 67.8 Å². The van der Waals surface area contributed by atoms with Gasteiger partial charge in [0.1, 0.15) is 10.6 Å². The lowest BCUT2D eigenvalue weighted by Crippen LogP contribution is -2.17. The minimum Gasteiger partial charge on any atom is -0.422 e. The van der Waals surface area contributed by atoms with Gasteiger partial charge >= 0.3 is 5.97 Å². The molecule has 1 heterocycles. The van der Waals surface area contributed by atoms with Gasteiger partial charge in [-0.3, -0.25) is 4.79 Å². The highest BCUT2D eigenvalue weighted by molar-refractivity contribution is 7.21. The SMILES string of the molecule is O=C(N/N=C/c1ccccc1OC(=O)c1sc2ccccc2c1Cl)c1ccccc1. The van der Waals surface area contributed by atoms with Crippen LogP contribution in [0.4, 0.5) is 0 Å². The van der Waals surface area contributed by atoms with Crippen molar-refractivity contribution in [3.8, 4) is 5.75 Å². The number of nitrogens with one attached hydrogen (secondary N) is 1. The number of hydrazone groups is 1. The fourth-order valence-corrected chi connectivity index (χ4v) is 4.17. The summed E-state index contributed by atoms with van der Waals surface area (Å²) in [7, 11) is 0. The summed E-state index contributed by atoms with van der Waals surface area (Å²) in [6.07, 6.45) is 1.43. The Morgan fingerprint density at radius 2 is 1.63 bits per heavy atom. The number of carbonyl (C=O) groups excluding carboxylic acids is 2. The van der Waals surface area contributed by atoms with Crippen LogP contribution in [0, 0.1) is 0 Å².